The lowest BCUT2D eigenvalue weighted by atomic mass is 9.81. The molecule has 0 amide bonds. The maximum absolute atomic E-state index is 9.65. The van der Waals surface area contributed by atoms with Gasteiger partial charge in [0.05, 0.1) is 18.2 Å². The van der Waals surface area contributed by atoms with Gasteiger partial charge in [0.25, 0.3) is 0 Å². The first kappa shape index (κ1) is 52.9. The number of anilines is 6. The molecule has 0 fully saturated rings. The van der Waals surface area contributed by atoms with Crippen molar-refractivity contribution >= 4 is 85.9 Å². The highest BCUT2D eigenvalue weighted by atomic mass is 15.2. The lowest BCUT2D eigenvalue weighted by molar-refractivity contribution is 0.660. The van der Waals surface area contributed by atoms with Gasteiger partial charge in [0, 0.05) is 62.2 Å². The van der Waals surface area contributed by atoms with Gasteiger partial charge in [0.1, 0.15) is 11.6 Å². The molecule has 3 aliphatic carbocycles. The van der Waals surface area contributed by atoms with Crippen molar-refractivity contribution in [1.29, 1.82) is 5.26 Å². The Morgan fingerprint density at radius 2 is 0.701 bits per heavy atom. The Morgan fingerprint density at radius 1 is 0.379 bits per heavy atom. The van der Waals surface area contributed by atoms with Crippen molar-refractivity contribution in [1.82, 2.24) is 9.97 Å². The van der Waals surface area contributed by atoms with E-state index in [9.17, 15) is 5.26 Å². The smallest absolute Gasteiger partial charge is 0.187 e. The van der Waals surface area contributed by atoms with Crippen LogP contribution in [0.25, 0.3) is 84.1 Å². The van der Waals surface area contributed by atoms with Gasteiger partial charge in [-0.3, -0.25) is 9.80 Å². The molecule has 0 N–H and O–H groups in total. The molecule has 10 aromatic carbocycles. The first-order valence-corrected chi connectivity index (χ1v) is 29.8. The summed E-state index contributed by atoms with van der Waals surface area (Å²) in [5.74, 6) is 1.69. The molecule has 414 valence electrons. The van der Waals surface area contributed by atoms with Crippen LogP contribution in [0.2, 0.25) is 0 Å². The molecule has 0 bridgehead atoms. The summed E-state index contributed by atoms with van der Waals surface area (Å²) in [6.07, 6.45) is 12.8. The van der Waals surface area contributed by atoms with Crippen LogP contribution in [0.15, 0.2) is 231 Å². The van der Waals surface area contributed by atoms with E-state index in [1.54, 1.807) is 0 Å². The van der Waals surface area contributed by atoms with Gasteiger partial charge in [-0.15, -0.1) is 0 Å². The molecule has 6 heteroatoms. The van der Waals surface area contributed by atoms with Crippen LogP contribution >= 0.6 is 0 Å². The zero-order chi connectivity index (χ0) is 59.3. The van der Waals surface area contributed by atoms with Gasteiger partial charge in [0.2, 0.25) is 0 Å². The van der Waals surface area contributed by atoms with E-state index in [0.717, 1.165) is 61.5 Å². The summed E-state index contributed by atoms with van der Waals surface area (Å²) in [5, 5.41) is 14.0. The molecule has 3 aliphatic rings. The van der Waals surface area contributed by atoms with E-state index >= 15 is 0 Å². The number of fused-ring (bicyclic) bond motifs is 11. The monoisotopic (exact) mass is 1120 g/mol. The molecule has 0 saturated carbocycles. The predicted octanol–water partition coefficient (Wildman–Crippen LogP) is 21.4. The van der Waals surface area contributed by atoms with Crippen LogP contribution in [-0.2, 0) is 16.2 Å². The molecule has 0 radical (unpaired) electrons. The molecule has 6 nitrogen and oxygen atoms in total. The summed E-state index contributed by atoms with van der Waals surface area (Å²) in [7, 11) is 0. The Kier molecular flexibility index (Phi) is 12.2. The van der Waals surface area contributed by atoms with E-state index in [1.807, 2.05) is 60.9 Å². The number of rotatable bonds is 10. The van der Waals surface area contributed by atoms with Crippen molar-refractivity contribution < 1.29 is 0 Å². The van der Waals surface area contributed by atoms with Gasteiger partial charge in [-0.1, -0.05) is 211 Å². The number of hydrogen-bond acceptors (Lipinski definition) is 5. The first-order valence-electron chi connectivity index (χ1n) is 29.8. The molecule has 0 unspecified atom stereocenters. The average Bonchev–Trinajstić information content (AvgIpc) is 1.71. The molecule has 15 rings (SSSR count). The van der Waals surface area contributed by atoms with E-state index in [-0.39, 0.29) is 16.2 Å². The topological polar surface area (TPSA) is 60.4 Å². The molecule has 0 atom stereocenters. The summed E-state index contributed by atoms with van der Waals surface area (Å²) in [6, 6.07) is 80.1. The Balaban J connectivity index is 0.672. The van der Waals surface area contributed by atoms with Crippen molar-refractivity contribution in [3.05, 3.63) is 303 Å². The molecule has 0 aliphatic heterocycles. The van der Waals surface area contributed by atoms with Crippen molar-refractivity contribution in [3.8, 4) is 39.4 Å². The molecule has 2 heterocycles. The van der Waals surface area contributed by atoms with Gasteiger partial charge in [-0.2, -0.15) is 5.26 Å². The minimum Gasteiger partial charge on any atom is -0.295 e. The highest BCUT2D eigenvalue weighted by Gasteiger charge is 2.39. The fourth-order valence-corrected chi connectivity index (χ4v) is 14.0. The summed E-state index contributed by atoms with van der Waals surface area (Å²) in [6.45, 7) is 21.7. The van der Waals surface area contributed by atoms with E-state index in [4.69, 9.17) is 16.5 Å². The Labute approximate surface area is 508 Å². The molecular formula is C81H60N6. The van der Waals surface area contributed by atoms with Crippen molar-refractivity contribution in [2.75, 3.05) is 9.80 Å². The molecule has 12 aromatic rings. The predicted molar refractivity (Wildman–Crippen MR) is 361 cm³/mol. The second kappa shape index (κ2) is 20.1. The fraction of sp³-hybridized carbons (Fsp3) is 0.111. The standard InChI is InChI=1S/C81H60N6/c1-79(2)71-44-51(16-18-53-24-36-67-69-38-32-61(48-75(69)80(3,4)73(67)46-53)86(59-28-20-55(50-82)21-29-59)77-63-14-10-8-12-56(63)40-42-84-77)22-34-65(71)66-35-23-52(45-72(66)79)17-19-54-25-37-68-70-39-33-62(49-76(70)81(5,6)74(68)47-54)87(60-30-26-58(83-7)27-31-60)78-64-15-11-9-13-57(64)41-43-85-78/h8-49H,1-6H3/b18-16+,19-17+. The second-order valence-corrected chi connectivity index (χ2v) is 24.9. The fourth-order valence-electron chi connectivity index (χ4n) is 14.0. The van der Waals surface area contributed by atoms with Crippen LogP contribution in [0.3, 0.4) is 0 Å². The highest BCUT2D eigenvalue weighted by molar-refractivity contribution is 5.99. The zero-order valence-electron chi connectivity index (χ0n) is 49.4. The molecule has 87 heavy (non-hydrogen) atoms. The second-order valence-electron chi connectivity index (χ2n) is 24.9. The summed E-state index contributed by atoms with van der Waals surface area (Å²) in [5.41, 5.74) is 24.6. The van der Waals surface area contributed by atoms with E-state index in [1.165, 1.54) is 83.5 Å². The maximum atomic E-state index is 9.65. The number of nitrogens with zero attached hydrogens (tertiary/aromatic N) is 6. The third-order valence-electron chi connectivity index (χ3n) is 18.8. The van der Waals surface area contributed by atoms with Gasteiger partial charge >= 0.3 is 0 Å². The summed E-state index contributed by atoms with van der Waals surface area (Å²) < 4.78 is 0. The number of pyridine rings is 2. The van der Waals surface area contributed by atoms with Crippen LogP contribution in [0.4, 0.5) is 40.1 Å². The van der Waals surface area contributed by atoms with Crippen molar-refractivity contribution in [2.24, 2.45) is 0 Å². The third kappa shape index (κ3) is 8.67. The Hall–Kier alpha value is -10.9. The minimum atomic E-state index is -0.265. The van der Waals surface area contributed by atoms with E-state index in [2.05, 4.69) is 256 Å². The Bertz CT molecular complexity index is 4660. The number of hydrogen-bond donors (Lipinski definition) is 0. The third-order valence-corrected chi connectivity index (χ3v) is 18.8. The lowest BCUT2D eigenvalue weighted by Crippen LogP contribution is -2.17. The van der Waals surface area contributed by atoms with Gasteiger partial charge in [-0.05, 0) is 173 Å². The maximum Gasteiger partial charge on any atom is 0.187 e. The quantitative estimate of drug-likeness (QED) is 0.101. The van der Waals surface area contributed by atoms with Gasteiger partial charge in [0.15, 0.2) is 5.69 Å². The number of benzene rings is 10. The minimum absolute atomic E-state index is 0.192. The SMILES string of the molecule is [C-]#[N+]c1ccc(N(c2ccc3c(c2)C(C)(C)c2cc(/C=C/c4ccc5c(c4)C(C)(C)c4cc(/C=C/c6ccc7c(c6)C(C)(C)c6cc(N(c8ccc(C#N)cc8)c8nccc9ccccc89)ccc6-7)ccc4-5)ccc2-3)c2nccc3ccccc23)cc1. The number of nitriles is 1. The number of aromatic nitrogens is 2. The zero-order valence-corrected chi connectivity index (χ0v) is 49.4. The Morgan fingerprint density at radius 3 is 1.06 bits per heavy atom. The van der Waals surface area contributed by atoms with Crippen LogP contribution in [0.5, 0.6) is 0 Å². The average molecular weight is 1120 g/mol. The van der Waals surface area contributed by atoms with Crippen LogP contribution < -0.4 is 9.80 Å². The van der Waals surface area contributed by atoms with Gasteiger partial charge in [-0.25, -0.2) is 14.8 Å². The molecule has 0 saturated heterocycles. The molecule has 0 spiro atoms. The normalized spacial score (nSPS) is 14.3. The van der Waals surface area contributed by atoms with E-state index < -0.39 is 0 Å². The molecule has 2 aromatic heterocycles. The van der Waals surface area contributed by atoms with Crippen LogP contribution in [0, 0.1) is 17.9 Å². The highest BCUT2D eigenvalue weighted by Crippen LogP contribution is 2.54. The van der Waals surface area contributed by atoms with Crippen LogP contribution in [-0.4, -0.2) is 9.97 Å². The largest absolute Gasteiger partial charge is 0.295 e. The first-order chi connectivity index (χ1) is 42.3. The van der Waals surface area contributed by atoms with E-state index in [0.29, 0.717) is 11.3 Å². The summed E-state index contributed by atoms with van der Waals surface area (Å²) >= 11 is 0. The summed E-state index contributed by atoms with van der Waals surface area (Å²) in [4.78, 5) is 18.1. The van der Waals surface area contributed by atoms with Gasteiger partial charge < -0.3 is 0 Å². The molecular weight excluding hydrogens is 1060 g/mol. The lowest BCUT2D eigenvalue weighted by Gasteiger charge is -2.28. The van der Waals surface area contributed by atoms with Crippen molar-refractivity contribution in [2.45, 2.75) is 57.8 Å². The van der Waals surface area contributed by atoms with Crippen LogP contribution in [0.1, 0.15) is 103 Å². The van der Waals surface area contributed by atoms with Crippen molar-refractivity contribution in [3.63, 3.8) is 0 Å².